The lowest BCUT2D eigenvalue weighted by Crippen LogP contribution is -2.42. The summed E-state index contributed by atoms with van der Waals surface area (Å²) in [5.41, 5.74) is 0.611. The summed E-state index contributed by atoms with van der Waals surface area (Å²) in [6, 6.07) is 7.67. The Labute approximate surface area is 128 Å². The van der Waals surface area contributed by atoms with Crippen LogP contribution in [0, 0.1) is 5.41 Å². The molecule has 0 atom stereocenters. The zero-order valence-corrected chi connectivity index (χ0v) is 13.4. The maximum atomic E-state index is 13.1. The average molecular weight is 289 g/mol. The molecule has 0 spiro atoms. The van der Waals surface area contributed by atoms with Gasteiger partial charge in [0.05, 0.1) is 6.10 Å². The summed E-state index contributed by atoms with van der Waals surface area (Å²) >= 11 is 0. The van der Waals surface area contributed by atoms with E-state index in [2.05, 4.69) is 12.2 Å². The first kappa shape index (κ1) is 16.0. The largest absolute Gasteiger partial charge is 0.491 e. The Kier molecular flexibility index (Phi) is 5.40. The van der Waals surface area contributed by atoms with Crippen LogP contribution >= 0.6 is 0 Å². The van der Waals surface area contributed by atoms with E-state index in [1.54, 1.807) is 0 Å². The Morgan fingerprint density at radius 2 is 2.05 bits per heavy atom. The van der Waals surface area contributed by atoms with Crippen molar-refractivity contribution in [1.29, 1.82) is 0 Å². The summed E-state index contributed by atoms with van der Waals surface area (Å²) in [7, 11) is 0. The van der Waals surface area contributed by atoms with Crippen LogP contribution in [0.25, 0.3) is 0 Å². The molecule has 1 aromatic rings. The van der Waals surface area contributed by atoms with Gasteiger partial charge in [-0.2, -0.15) is 0 Å². The Morgan fingerprint density at radius 3 is 2.67 bits per heavy atom. The molecule has 1 aliphatic heterocycles. The quantitative estimate of drug-likeness (QED) is 0.809. The number of ether oxygens (including phenoxy) is 1. The zero-order valence-electron chi connectivity index (χ0n) is 13.4. The topological polar surface area (TPSA) is 38.3 Å². The van der Waals surface area contributed by atoms with E-state index in [0.717, 1.165) is 50.1 Å². The van der Waals surface area contributed by atoms with Crippen molar-refractivity contribution in [2.24, 2.45) is 5.41 Å². The van der Waals surface area contributed by atoms with E-state index in [1.165, 1.54) is 0 Å². The number of rotatable bonds is 6. The molecule has 1 aliphatic rings. The van der Waals surface area contributed by atoms with Crippen molar-refractivity contribution in [1.82, 2.24) is 5.32 Å². The maximum absolute atomic E-state index is 13.1. The summed E-state index contributed by atoms with van der Waals surface area (Å²) in [5.74, 6) is 1.08. The number of ketones is 1. The Balaban J connectivity index is 2.24. The third-order valence-electron chi connectivity index (χ3n) is 4.24. The number of carbonyl (C=O) groups is 1. The second-order valence-corrected chi connectivity index (χ2v) is 6.30. The van der Waals surface area contributed by atoms with Crippen molar-refractivity contribution in [2.75, 3.05) is 13.1 Å². The number of piperidine rings is 1. The number of hydrogen-bond acceptors (Lipinski definition) is 3. The normalized spacial score (nSPS) is 17.7. The van der Waals surface area contributed by atoms with Crippen LogP contribution in [0.15, 0.2) is 24.3 Å². The molecule has 1 heterocycles. The third kappa shape index (κ3) is 3.85. The van der Waals surface area contributed by atoms with E-state index >= 15 is 0 Å². The van der Waals surface area contributed by atoms with Crippen molar-refractivity contribution in [3.8, 4) is 5.75 Å². The Morgan fingerprint density at radius 1 is 1.33 bits per heavy atom. The highest BCUT2D eigenvalue weighted by atomic mass is 16.5. The van der Waals surface area contributed by atoms with Gasteiger partial charge in [-0.1, -0.05) is 25.5 Å². The molecule has 0 aromatic heterocycles. The fourth-order valence-corrected chi connectivity index (χ4v) is 3.26. The van der Waals surface area contributed by atoms with Crippen LogP contribution in [0.2, 0.25) is 0 Å². The highest BCUT2D eigenvalue weighted by Gasteiger charge is 2.38. The van der Waals surface area contributed by atoms with Gasteiger partial charge < -0.3 is 10.1 Å². The van der Waals surface area contributed by atoms with Crippen LogP contribution < -0.4 is 10.1 Å². The van der Waals surface area contributed by atoms with Crippen molar-refractivity contribution in [2.45, 2.75) is 52.6 Å². The summed E-state index contributed by atoms with van der Waals surface area (Å²) in [6.07, 6.45) is 4.03. The van der Waals surface area contributed by atoms with Crippen LogP contribution in [0.1, 0.15) is 56.8 Å². The smallest absolute Gasteiger partial charge is 0.169 e. The number of carbonyl (C=O) groups excluding carboxylic acids is 1. The van der Waals surface area contributed by atoms with E-state index in [-0.39, 0.29) is 11.5 Å². The summed E-state index contributed by atoms with van der Waals surface area (Å²) < 4.78 is 5.72. The second-order valence-electron chi connectivity index (χ2n) is 6.30. The van der Waals surface area contributed by atoms with Gasteiger partial charge in [0.2, 0.25) is 0 Å². The molecule has 1 fully saturated rings. The molecular formula is C18H27NO2. The third-order valence-corrected chi connectivity index (χ3v) is 4.24. The van der Waals surface area contributed by atoms with E-state index in [1.807, 2.05) is 38.1 Å². The highest BCUT2D eigenvalue weighted by Crippen LogP contribution is 2.38. The van der Waals surface area contributed by atoms with Crippen molar-refractivity contribution in [3.63, 3.8) is 0 Å². The van der Waals surface area contributed by atoms with Crippen LogP contribution in [0.3, 0.4) is 0 Å². The van der Waals surface area contributed by atoms with Crippen LogP contribution in [-0.2, 0) is 0 Å². The van der Waals surface area contributed by atoms with Gasteiger partial charge in [0.1, 0.15) is 5.75 Å². The summed E-state index contributed by atoms with van der Waals surface area (Å²) in [5, 5.41) is 3.36. The number of nitrogens with one attached hydrogen (secondary N) is 1. The first-order valence-corrected chi connectivity index (χ1v) is 8.09. The summed E-state index contributed by atoms with van der Waals surface area (Å²) in [4.78, 5) is 13.1. The van der Waals surface area contributed by atoms with Crippen LogP contribution in [0.4, 0.5) is 0 Å². The molecule has 0 bridgehead atoms. The molecule has 0 unspecified atom stereocenters. The lowest BCUT2D eigenvalue weighted by molar-refractivity contribution is 0.0703. The average Bonchev–Trinajstić information content (AvgIpc) is 2.47. The maximum Gasteiger partial charge on any atom is 0.169 e. The molecule has 1 saturated heterocycles. The fourth-order valence-electron chi connectivity index (χ4n) is 3.26. The van der Waals surface area contributed by atoms with Crippen molar-refractivity contribution in [3.05, 3.63) is 29.8 Å². The van der Waals surface area contributed by atoms with E-state index in [9.17, 15) is 4.79 Å². The van der Waals surface area contributed by atoms with Gasteiger partial charge in [-0.3, -0.25) is 4.79 Å². The van der Waals surface area contributed by atoms with Gasteiger partial charge >= 0.3 is 0 Å². The second kappa shape index (κ2) is 7.08. The molecule has 0 aliphatic carbocycles. The molecule has 21 heavy (non-hydrogen) atoms. The van der Waals surface area contributed by atoms with Crippen LogP contribution in [0.5, 0.6) is 5.75 Å². The zero-order chi connectivity index (χ0) is 15.3. The number of hydrogen-bond donors (Lipinski definition) is 1. The fraction of sp³-hybridized carbons (Fsp3) is 0.611. The standard InChI is InChI=1S/C18H27NO2/c1-4-8-18(9-11-19-12-10-18)17(20)15-6-5-7-16(13-15)21-14(2)3/h5-7,13-14,19H,4,8-12H2,1-3H3. The first-order chi connectivity index (χ1) is 10.1. The molecule has 3 heteroatoms. The molecule has 1 aromatic carbocycles. The predicted octanol–water partition coefficient (Wildman–Crippen LogP) is 3.83. The molecule has 0 amide bonds. The van der Waals surface area contributed by atoms with Crippen LogP contribution in [-0.4, -0.2) is 25.0 Å². The number of benzene rings is 1. The molecule has 3 nitrogen and oxygen atoms in total. The lowest BCUT2D eigenvalue weighted by atomic mass is 9.70. The molecular weight excluding hydrogens is 262 g/mol. The number of Topliss-reactive ketones (excluding diaryl/α,β-unsaturated/α-hetero) is 1. The molecule has 116 valence electrons. The minimum Gasteiger partial charge on any atom is -0.491 e. The highest BCUT2D eigenvalue weighted by molar-refractivity contribution is 6.00. The van der Waals surface area contributed by atoms with E-state index in [0.29, 0.717) is 5.78 Å². The van der Waals surface area contributed by atoms with Gasteiger partial charge in [0.25, 0.3) is 0 Å². The molecule has 1 N–H and O–H groups in total. The predicted molar refractivity (Wildman–Crippen MR) is 86.0 cm³/mol. The van der Waals surface area contributed by atoms with Gasteiger partial charge in [-0.25, -0.2) is 0 Å². The van der Waals surface area contributed by atoms with Gasteiger partial charge in [-0.15, -0.1) is 0 Å². The van der Waals surface area contributed by atoms with Gasteiger partial charge in [0, 0.05) is 11.0 Å². The van der Waals surface area contributed by atoms with E-state index < -0.39 is 0 Å². The minimum absolute atomic E-state index is 0.124. The lowest BCUT2D eigenvalue weighted by Gasteiger charge is -2.36. The van der Waals surface area contributed by atoms with E-state index in [4.69, 9.17) is 4.74 Å². The Hall–Kier alpha value is -1.35. The van der Waals surface area contributed by atoms with Gasteiger partial charge in [-0.05, 0) is 58.3 Å². The molecule has 2 rings (SSSR count). The minimum atomic E-state index is -0.184. The monoisotopic (exact) mass is 289 g/mol. The molecule has 0 radical (unpaired) electrons. The van der Waals surface area contributed by atoms with Crippen molar-refractivity contribution < 1.29 is 9.53 Å². The SMILES string of the molecule is CCCC1(C(=O)c2cccc(OC(C)C)c2)CCNCC1. The summed E-state index contributed by atoms with van der Waals surface area (Å²) in [6.45, 7) is 8.04. The first-order valence-electron chi connectivity index (χ1n) is 8.09. The Bertz CT molecular complexity index is 470. The van der Waals surface area contributed by atoms with Crippen molar-refractivity contribution >= 4 is 5.78 Å². The van der Waals surface area contributed by atoms with Gasteiger partial charge in [0.15, 0.2) is 5.78 Å². The molecule has 0 saturated carbocycles.